The van der Waals surface area contributed by atoms with Crippen molar-refractivity contribution in [2.75, 3.05) is 0 Å². The summed E-state index contributed by atoms with van der Waals surface area (Å²) in [5.41, 5.74) is 0. The van der Waals surface area contributed by atoms with Crippen molar-refractivity contribution >= 4 is 11.6 Å². The molecule has 0 radical (unpaired) electrons. The summed E-state index contributed by atoms with van der Waals surface area (Å²) in [6, 6.07) is 0. The molecule has 12 heavy (non-hydrogen) atoms. The molecule has 0 aliphatic rings. The van der Waals surface area contributed by atoms with Gasteiger partial charge >= 0.3 is 0 Å². The van der Waals surface area contributed by atoms with Crippen LogP contribution in [0.5, 0.6) is 0 Å². The second-order valence-electron chi connectivity index (χ2n) is 2.60. The van der Waals surface area contributed by atoms with Gasteiger partial charge < -0.3 is 0 Å². The van der Waals surface area contributed by atoms with Crippen LogP contribution in [0.15, 0.2) is 0 Å². The first kappa shape index (κ1) is 10.9. The van der Waals surface area contributed by atoms with Crippen molar-refractivity contribution in [1.29, 1.82) is 0 Å². The minimum atomic E-state index is -0.137. The Morgan fingerprint density at radius 1 is 0.917 bits per heavy atom. The molecule has 0 saturated carbocycles. The van der Waals surface area contributed by atoms with Gasteiger partial charge in [0.15, 0.2) is 0 Å². The molecule has 0 amide bonds. The monoisotopic (exact) mass is 166 g/mol. The van der Waals surface area contributed by atoms with Gasteiger partial charge in [-0.15, -0.1) is 0 Å². The largest absolute Gasteiger partial charge is 0.285 e. The molecule has 0 N–H and O–H groups in total. The Bertz CT molecular complexity index is 196. The highest BCUT2D eigenvalue weighted by atomic mass is 16.1. The van der Waals surface area contributed by atoms with Gasteiger partial charge in [-0.1, -0.05) is 13.8 Å². The van der Waals surface area contributed by atoms with E-state index in [-0.39, 0.29) is 11.6 Å². The molecule has 0 aromatic heterocycles. The van der Waals surface area contributed by atoms with Crippen molar-refractivity contribution < 1.29 is 9.59 Å². The van der Waals surface area contributed by atoms with Crippen LogP contribution in [0.4, 0.5) is 0 Å². The van der Waals surface area contributed by atoms with Gasteiger partial charge in [0.25, 0.3) is 0 Å². The normalized spacial score (nSPS) is 8.50. The van der Waals surface area contributed by atoms with E-state index in [1.54, 1.807) is 0 Å². The molecule has 2 heteroatoms. The number of carbonyl (C=O) groups is 2. The van der Waals surface area contributed by atoms with E-state index in [4.69, 9.17) is 0 Å². The Labute approximate surface area is 73.3 Å². The Kier molecular flexibility index (Phi) is 6.00. The minimum absolute atomic E-state index is 0.137. The zero-order valence-corrected chi connectivity index (χ0v) is 7.64. The van der Waals surface area contributed by atoms with Crippen LogP contribution in [0.25, 0.3) is 0 Å². The summed E-state index contributed by atoms with van der Waals surface area (Å²) in [7, 11) is 0. The highest BCUT2D eigenvalue weighted by Gasteiger charge is 1.95. The van der Waals surface area contributed by atoms with Crippen LogP contribution in [0.1, 0.15) is 39.5 Å². The van der Waals surface area contributed by atoms with E-state index < -0.39 is 0 Å². The minimum Gasteiger partial charge on any atom is -0.285 e. The van der Waals surface area contributed by atoms with Crippen LogP contribution >= 0.6 is 0 Å². The van der Waals surface area contributed by atoms with Crippen LogP contribution < -0.4 is 0 Å². The molecular weight excluding hydrogens is 152 g/mol. The quantitative estimate of drug-likeness (QED) is 0.471. The lowest BCUT2D eigenvalue weighted by atomic mass is 10.2. The summed E-state index contributed by atoms with van der Waals surface area (Å²) in [5, 5.41) is 0. The summed E-state index contributed by atoms with van der Waals surface area (Å²) in [5.74, 6) is 4.39. The fraction of sp³-hybridized carbons (Fsp3) is 0.600. The molecule has 0 aliphatic carbocycles. The number of rotatable bonds is 4. The number of ketones is 2. The Hall–Kier alpha value is -1.10. The van der Waals surface area contributed by atoms with Crippen LogP contribution in [0.3, 0.4) is 0 Å². The fourth-order valence-electron chi connectivity index (χ4n) is 0.719. The molecule has 0 heterocycles. The predicted molar refractivity (Wildman–Crippen MR) is 47.6 cm³/mol. The van der Waals surface area contributed by atoms with E-state index in [2.05, 4.69) is 11.8 Å². The standard InChI is InChI=1S/C10H14O2/c1-3-5-9(11)7-8-10(12)6-4-2/h3-6H2,1-2H3. The van der Waals surface area contributed by atoms with E-state index in [9.17, 15) is 9.59 Å². The zero-order chi connectivity index (χ0) is 9.40. The number of hydrogen-bond donors (Lipinski definition) is 0. The van der Waals surface area contributed by atoms with Crippen LogP contribution in [0.2, 0.25) is 0 Å². The van der Waals surface area contributed by atoms with Crippen LogP contribution in [-0.4, -0.2) is 11.6 Å². The maximum atomic E-state index is 10.8. The Morgan fingerprint density at radius 3 is 1.50 bits per heavy atom. The lowest BCUT2D eigenvalue weighted by Gasteiger charge is -1.85. The van der Waals surface area contributed by atoms with Gasteiger partial charge in [-0.2, -0.15) is 0 Å². The van der Waals surface area contributed by atoms with Gasteiger partial charge in [-0.3, -0.25) is 9.59 Å². The summed E-state index contributed by atoms with van der Waals surface area (Å²) < 4.78 is 0. The lowest BCUT2D eigenvalue weighted by Crippen LogP contribution is -1.95. The van der Waals surface area contributed by atoms with Gasteiger partial charge in [0, 0.05) is 12.8 Å². The van der Waals surface area contributed by atoms with Crippen molar-refractivity contribution in [2.45, 2.75) is 39.5 Å². The van der Waals surface area contributed by atoms with E-state index in [0.717, 1.165) is 12.8 Å². The third-order valence-electron chi connectivity index (χ3n) is 1.30. The maximum Gasteiger partial charge on any atom is 0.205 e. The van der Waals surface area contributed by atoms with E-state index in [1.807, 2.05) is 13.8 Å². The summed E-state index contributed by atoms with van der Waals surface area (Å²) in [6.07, 6.45) is 2.48. The second-order valence-corrected chi connectivity index (χ2v) is 2.60. The van der Waals surface area contributed by atoms with E-state index >= 15 is 0 Å². The smallest absolute Gasteiger partial charge is 0.205 e. The summed E-state index contributed by atoms with van der Waals surface area (Å²) >= 11 is 0. The Morgan fingerprint density at radius 2 is 1.25 bits per heavy atom. The number of carbonyl (C=O) groups excluding carboxylic acids is 2. The average Bonchev–Trinajstić information content (AvgIpc) is 2.02. The molecule has 0 aromatic rings. The molecule has 2 nitrogen and oxygen atoms in total. The third-order valence-corrected chi connectivity index (χ3v) is 1.30. The van der Waals surface area contributed by atoms with E-state index in [0.29, 0.717) is 12.8 Å². The molecule has 66 valence electrons. The third kappa shape index (κ3) is 5.67. The van der Waals surface area contributed by atoms with Crippen LogP contribution in [0, 0.1) is 11.8 Å². The number of Topliss-reactive ketones (excluding diaryl/α,β-unsaturated/α-hetero) is 2. The van der Waals surface area contributed by atoms with Gasteiger partial charge in [0.2, 0.25) is 11.6 Å². The van der Waals surface area contributed by atoms with Gasteiger partial charge in [0.1, 0.15) is 0 Å². The first-order valence-corrected chi connectivity index (χ1v) is 4.28. The van der Waals surface area contributed by atoms with Gasteiger partial charge in [-0.05, 0) is 24.7 Å². The van der Waals surface area contributed by atoms with Crippen molar-refractivity contribution in [1.82, 2.24) is 0 Å². The van der Waals surface area contributed by atoms with Crippen molar-refractivity contribution in [2.24, 2.45) is 0 Å². The first-order chi connectivity index (χ1) is 5.70. The van der Waals surface area contributed by atoms with Crippen molar-refractivity contribution in [3.05, 3.63) is 0 Å². The second kappa shape index (κ2) is 6.60. The molecule has 0 spiro atoms. The van der Waals surface area contributed by atoms with E-state index in [1.165, 1.54) is 0 Å². The summed E-state index contributed by atoms with van der Waals surface area (Å²) in [6.45, 7) is 3.82. The first-order valence-electron chi connectivity index (χ1n) is 4.28. The summed E-state index contributed by atoms with van der Waals surface area (Å²) in [4.78, 5) is 21.7. The van der Waals surface area contributed by atoms with Gasteiger partial charge in [-0.25, -0.2) is 0 Å². The highest BCUT2D eigenvalue weighted by molar-refractivity contribution is 6.04. The van der Waals surface area contributed by atoms with Gasteiger partial charge in [0.05, 0.1) is 0 Å². The average molecular weight is 166 g/mol. The molecule has 0 bridgehead atoms. The zero-order valence-electron chi connectivity index (χ0n) is 7.64. The topological polar surface area (TPSA) is 34.1 Å². The number of hydrogen-bond acceptors (Lipinski definition) is 2. The SMILES string of the molecule is CCCC(=O)C#CC(=O)CCC. The maximum absolute atomic E-state index is 10.8. The van der Waals surface area contributed by atoms with Crippen LogP contribution in [-0.2, 0) is 9.59 Å². The Balaban J connectivity index is 3.85. The molecular formula is C10H14O2. The highest BCUT2D eigenvalue weighted by Crippen LogP contribution is 1.89. The molecule has 0 rings (SSSR count). The molecule has 0 saturated heterocycles. The fourth-order valence-corrected chi connectivity index (χ4v) is 0.719. The molecule has 0 unspecified atom stereocenters. The predicted octanol–water partition coefficient (Wildman–Crippen LogP) is 1.73. The van der Waals surface area contributed by atoms with Crippen molar-refractivity contribution in [3.63, 3.8) is 0 Å². The lowest BCUT2D eigenvalue weighted by molar-refractivity contribution is -0.115. The molecule has 0 fully saturated rings. The molecule has 0 atom stereocenters. The molecule has 0 aliphatic heterocycles. The molecule has 0 aromatic carbocycles. The van der Waals surface area contributed by atoms with Crippen molar-refractivity contribution in [3.8, 4) is 11.8 Å².